The number of hydrogen-bond acceptors (Lipinski definition) is 4. The highest BCUT2D eigenvalue weighted by atomic mass is 16.7. The van der Waals surface area contributed by atoms with Gasteiger partial charge in [0.25, 0.3) is 0 Å². The smallest absolute Gasteiger partial charge is 0.323 e. The predicted molar refractivity (Wildman–Crippen MR) is 86.1 cm³/mol. The Bertz CT molecular complexity index is 748. The lowest BCUT2D eigenvalue weighted by molar-refractivity contribution is -0.137. The van der Waals surface area contributed by atoms with Gasteiger partial charge in [0.2, 0.25) is 6.79 Å². The van der Waals surface area contributed by atoms with Crippen LogP contribution >= 0.6 is 0 Å². The van der Waals surface area contributed by atoms with E-state index in [1.807, 2.05) is 30.3 Å². The van der Waals surface area contributed by atoms with E-state index in [1.54, 1.807) is 18.2 Å². The van der Waals surface area contributed by atoms with Crippen molar-refractivity contribution < 1.29 is 24.2 Å². The number of carbonyl (C=O) groups excluding carboxylic acids is 1. The molecule has 0 unspecified atom stereocenters. The van der Waals surface area contributed by atoms with Crippen LogP contribution in [-0.2, 0) is 11.3 Å². The second kappa shape index (κ2) is 6.91. The SMILES string of the molecule is O=C(O)CN(Cc1ccccc1)C(=O)Nc1ccc2c(c1)OCO2. The van der Waals surface area contributed by atoms with Crippen molar-refractivity contribution >= 4 is 17.7 Å². The number of hydrogen-bond donors (Lipinski definition) is 2. The molecule has 2 amide bonds. The van der Waals surface area contributed by atoms with Gasteiger partial charge in [0.05, 0.1) is 0 Å². The molecule has 3 rings (SSSR count). The molecule has 1 aliphatic heterocycles. The lowest BCUT2D eigenvalue weighted by atomic mass is 10.2. The van der Waals surface area contributed by atoms with Crippen molar-refractivity contribution in [2.24, 2.45) is 0 Å². The normalized spacial score (nSPS) is 11.8. The molecule has 0 aromatic heterocycles. The van der Waals surface area contributed by atoms with E-state index in [2.05, 4.69) is 5.32 Å². The third-order valence-corrected chi connectivity index (χ3v) is 3.45. The summed E-state index contributed by atoms with van der Waals surface area (Å²) in [5.41, 5.74) is 1.35. The maximum atomic E-state index is 12.4. The lowest BCUT2D eigenvalue weighted by Gasteiger charge is -2.21. The highest BCUT2D eigenvalue weighted by Crippen LogP contribution is 2.34. The van der Waals surface area contributed by atoms with E-state index in [9.17, 15) is 9.59 Å². The lowest BCUT2D eigenvalue weighted by Crippen LogP contribution is -2.38. The number of carboxylic acid groups (broad SMARTS) is 1. The van der Waals surface area contributed by atoms with Crippen molar-refractivity contribution in [3.63, 3.8) is 0 Å². The van der Waals surface area contributed by atoms with Gasteiger partial charge in [0.15, 0.2) is 11.5 Å². The maximum absolute atomic E-state index is 12.4. The summed E-state index contributed by atoms with van der Waals surface area (Å²) in [6.07, 6.45) is 0. The summed E-state index contributed by atoms with van der Waals surface area (Å²) in [7, 11) is 0. The Labute approximate surface area is 138 Å². The fourth-order valence-electron chi connectivity index (χ4n) is 2.34. The van der Waals surface area contributed by atoms with Crippen molar-refractivity contribution in [2.75, 3.05) is 18.7 Å². The number of rotatable bonds is 5. The van der Waals surface area contributed by atoms with Gasteiger partial charge < -0.3 is 24.8 Å². The highest BCUT2D eigenvalue weighted by molar-refractivity contribution is 5.91. The third kappa shape index (κ3) is 3.75. The number of nitrogens with zero attached hydrogens (tertiary/aromatic N) is 1. The van der Waals surface area contributed by atoms with Crippen LogP contribution in [-0.4, -0.2) is 35.3 Å². The van der Waals surface area contributed by atoms with Crippen LogP contribution in [0.5, 0.6) is 11.5 Å². The first kappa shape index (κ1) is 15.7. The van der Waals surface area contributed by atoms with Crippen LogP contribution < -0.4 is 14.8 Å². The molecule has 0 atom stereocenters. The minimum atomic E-state index is -1.08. The number of carbonyl (C=O) groups is 2. The zero-order valence-electron chi connectivity index (χ0n) is 12.8. The van der Waals surface area contributed by atoms with Gasteiger partial charge in [-0.1, -0.05) is 30.3 Å². The molecular formula is C17H16N2O5. The fourth-order valence-corrected chi connectivity index (χ4v) is 2.34. The van der Waals surface area contributed by atoms with E-state index >= 15 is 0 Å². The number of carboxylic acids is 1. The van der Waals surface area contributed by atoms with Crippen LogP contribution in [0.15, 0.2) is 48.5 Å². The topological polar surface area (TPSA) is 88.1 Å². The van der Waals surface area contributed by atoms with Crippen LogP contribution in [0.25, 0.3) is 0 Å². The monoisotopic (exact) mass is 328 g/mol. The van der Waals surface area contributed by atoms with Crippen molar-refractivity contribution in [1.29, 1.82) is 0 Å². The van der Waals surface area contributed by atoms with Crippen LogP contribution in [0.4, 0.5) is 10.5 Å². The summed E-state index contributed by atoms with van der Waals surface area (Å²) < 4.78 is 10.5. The molecule has 24 heavy (non-hydrogen) atoms. The molecule has 7 nitrogen and oxygen atoms in total. The van der Waals surface area contributed by atoms with Gasteiger partial charge in [0.1, 0.15) is 6.54 Å². The molecule has 0 aliphatic carbocycles. The molecule has 2 N–H and O–H groups in total. The van der Waals surface area contributed by atoms with E-state index in [0.29, 0.717) is 17.2 Å². The van der Waals surface area contributed by atoms with E-state index < -0.39 is 18.5 Å². The van der Waals surface area contributed by atoms with Gasteiger partial charge in [-0.05, 0) is 17.7 Å². The number of amides is 2. The molecular weight excluding hydrogens is 312 g/mol. The average Bonchev–Trinajstić information content (AvgIpc) is 3.02. The third-order valence-electron chi connectivity index (χ3n) is 3.45. The summed E-state index contributed by atoms with van der Waals surface area (Å²) in [4.78, 5) is 24.7. The quantitative estimate of drug-likeness (QED) is 0.880. The Kier molecular flexibility index (Phi) is 4.51. The molecule has 7 heteroatoms. The molecule has 0 spiro atoms. The molecule has 1 aliphatic rings. The number of ether oxygens (including phenoxy) is 2. The standard InChI is InChI=1S/C17H16N2O5/c20-16(21)10-19(9-12-4-2-1-3-5-12)17(22)18-13-6-7-14-15(8-13)24-11-23-14/h1-8H,9-11H2,(H,18,22)(H,20,21). The van der Waals surface area contributed by atoms with Gasteiger partial charge in [-0.25, -0.2) is 4.79 Å². The Morgan fingerprint density at radius 1 is 1.08 bits per heavy atom. The minimum Gasteiger partial charge on any atom is -0.480 e. The first-order valence-corrected chi connectivity index (χ1v) is 7.33. The molecule has 1 heterocycles. The zero-order valence-corrected chi connectivity index (χ0v) is 12.8. The Morgan fingerprint density at radius 3 is 2.58 bits per heavy atom. The average molecular weight is 328 g/mol. The van der Waals surface area contributed by atoms with Crippen molar-refractivity contribution in [3.8, 4) is 11.5 Å². The molecule has 0 bridgehead atoms. The van der Waals surface area contributed by atoms with Gasteiger partial charge in [-0.3, -0.25) is 4.79 Å². The minimum absolute atomic E-state index is 0.145. The maximum Gasteiger partial charge on any atom is 0.323 e. The highest BCUT2D eigenvalue weighted by Gasteiger charge is 2.19. The van der Waals surface area contributed by atoms with Crippen LogP contribution in [0, 0.1) is 0 Å². The Hall–Kier alpha value is -3.22. The second-order valence-electron chi connectivity index (χ2n) is 5.23. The predicted octanol–water partition coefficient (Wildman–Crippen LogP) is 2.53. The number of nitrogens with one attached hydrogen (secondary N) is 1. The van der Waals surface area contributed by atoms with Crippen molar-refractivity contribution in [3.05, 3.63) is 54.1 Å². The molecule has 124 valence electrons. The molecule has 0 saturated heterocycles. The zero-order chi connectivity index (χ0) is 16.9. The second-order valence-corrected chi connectivity index (χ2v) is 5.23. The number of fused-ring (bicyclic) bond motifs is 1. The number of aliphatic carboxylic acids is 1. The van der Waals surface area contributed by atoms with Gasteiger partial charge in [-0.15, -0.1) is 0 Å². The number of benzene rings is 2. The summed E-state index contributed by atoms with van der Waals surface area (Å²) in [6.45, 7) is -0.0549. The molecule has 0 fully saturated rings. The van der Waals surface area contributed by atoms with E-state index in [1.165, 1.54) is 4.90 Å². The summed E-state index contributed by atoms with van der Waals surface area (Å²) in [5.74, 6) is 0.0760. The first-order chi connectivity index (χ1) is 11.6. The summed E-state index contributed by atoms with van der Waals surface area (Å²) >= 11 is 0. The van der Waals surface area contributed by atoms with Crippen molar-refractivity contribution in [2.45, 2.75) is 6.54 Å². The molecule has 0 saturated carbocycles. The van der Waals surface area contributed by atoms with Crippen LogP contribution in [0.1, 0.15) is 5.56 Å². The molecule has 2 aromatic carbocycles. The van der Waals surface area contributed by atoms with Gasteiger partial charge >= 0.3 is 12.0 Å². The first-order valence-electron chi connectivity index (χ1n) is 7.33. The van der Waals surface area contributed by atoms with Crippen LogP contribution in [0.2, 0.25) is 0 Å². The van der Waals surface area contributed by atoms with E-state index in [0.717, 1.165) is 5.56 Å². The van der Waals surface area contributed by atoms with E-state index in [-0.39, 0.29) is 13.3 Å². The number of anilines is 1. The molecule has 0 radical (unpaired) electrons. The van der Waals surface area contributed by atoms with Gasteiger partial charge in [-0.2, -0.15) is 0 Å². The number of urea groups is 1. The van der Waals surface area contributed by atoms with Crippen molar-refractivity contribution in [1.82, 2.24) is 4.90 Å². The Morgan fingerprint density at radius 2 is 1.83 bits per heavy atom. The largest absolute Gasteiger partial charge is 0.480 e. The van der Waals surface area contributed by atoms with Crippen LogP contribution in [0.3, 0.4) is 0 Å². The molecule has 2 aromatic rings. The Balaban J connectivity index is 1.72. The van der Waals surface area contributed by atoms with E-state index in [4.69, 9.17) is 14.6 Å². The fraction of sp³-hybridized carbons (Fsp3) is 0.176. The summed E-state index contributed by atoms with van der Waals surface area (Å²) in [6, 6.07) is 13.7. The van der Waals surface area contributed by atoms with Gasteiger partial charge in [0, 0.05) is 18.3 Å². The summed E-state index contributed by atoms with van der Waals surface area (Å²) in [5, 5.41) is 11.7.